The van der Waals surface area contributed by atoms with E-state index >= 15 is 0 Å². The van der Waals surface area contributed by atoms with Crippen LogP contribution in [0, 0.1) is 0 Å². The van der Waals surface area contributed by atoms with E-state index in [2.05, 4.69) is 5.32 Å². The molecule has 2 atom stereocenters. The zero-order chi connectivity index (χ0) is 15.7. The summed E-state index contributed by atoms with van der Waals surface area (Å²) in [5.41, 5.74) is 2.46. The molecule has 0 aromatic heterocycles. The third-order valence-electron chi connectivity index (χ3n) is 4.55. The fourth-order valence-electron chi connectivity index (χ4n) is 3.06. The third-order valence-corrected chi connectivity index (χ3v) is 4.55. The molecule has 0 fully saturated rings. The molecule has 1 amide bonds. The molecule has 1 aliphatic rings. The Hall–Kier alpha value is -2.13. The van der Waals surface area contributed by atoms with Crippen molar-refractivity contribution in [2.75, 3.05) is 0 Å². The standard InChI is InChI=1S/C19H21NO2/c1-19(2,14-9-4-3-5-10-14)18(22)20-17-15-11-7-6-8-13(15)12-16(17)21/h3-11,16-17,21H,12H2,1-2H3,(H,20,22). The molecule has 0 bridgehead atoms. The molecule has 2 N–H and O–H groups in total. The predicted octanol–water partition coefficient (Wildman–Crippen LogP) is 2.74. The van der Waals surface area contributed by atoms with Crippen molar-refractivity contribution >= 4 is 5.91 Å². The molecule has 0 radical (unpaired) electrons. The van der Waals surface area contributed by atoms with Crippen LogP contribution in [0.2, 0.25) is 0 Å². The first-order chi connectivity index (χ1) is 10.5. The summed E-state index contributed by atoms with van der Waals surface area (Å²) in [7, 11) is 0. The topological polar surface area (TPSA) is 49.3 Å². The van der Waals surface area contributed by atoms with E-state index in [-0.39, 0.29) is 11.9 Å². The number of hydrogen-bond acceptors (Lipinski definition) is 2. The fraction of sp³-hybridized carbons (Fsp3) is 0.316. The number of fused-ring (bicyclic) bond motifs is 1. The van der Waals surface area contributed by atoms with Crippen molar-refractivity contribution in [2.45, 2.75) is 37.8 Å². The number of carbonyl (C=O) groups is 1. The minimum atomic E-state index is -0.640. The number of amides is 1. The first-order valence-electron chi connectivity index (χ1n) is 7.62. The second-order valence-corrected chi connectivity index (χ2v) is 6.41. The fourth-order valence-corrected chi connectivity index (χ4v) is 3.06. The zero-order valence-electron chi connectivity index (χ0n) is 12.9. The van der Waals surface area contributed by atoms with Crippen LogP contribution in [-0.2, 0) is 16.6 Å². The summed E-state index contributed by atoms with van der Waals surface area (Å²) in [6, 6.07) is 17.3. The van der Waals surface area contributed by atoms with Crippen molar-refractivity contribution in [3.63, 3.8) is 0 Å². The maximum absolute atomic E-state index is 12.8. The number of aliphatic hydroxyl groups excluding tert-OH is 1. The van der Waals surface area contributed by atoms with E-state index in [0.717, 1.165) is 16.7 Å². The highest BCUT2D eigenvalue weighted by Gasteiger charge is 2.36. The maximum Gasteiger partial charge on any atom is 0.230 e. The molecule has 0 spiro atoms. The summed E-state index contributed by atoms with van der Waals surface area (Å²) in [6.07, 6.45) is 0.0281. The molecule has 0 saturated heterocycles. The van der Waals surface area contributed by atoms with Gasteiger partial charge in [0.05, 0.1) is 17.6 Å². The number of aliphatic hydroxyl groups is 1. The van der Waals surface area contributed by atoms with Crippen LogP contribution in [-0.4, -0.2) is 17.1 Å². The minimum absolute atomic E-state index is 0.0700. The summed E-state index contributed by atoms with van der Waals surface area (Å²) in [6.45, 7) is 3.82. The van der Waals surface area contributed by atoms with Gasteiger partial charge in [-0.25, -0.2) is 0 Å². The number of rotatable bonds is 3. The lowest BCUT2D eigenvalue weighted by atomic mass is 9.83. The largest absolute Gasteiger partial charge is 0.390 e. The van der Waals surface area contributed by atoms with Gasteiger partial charge in [0.15, 0.2) is 0 Å². The van der Waals surface area contributed by atoms with Crippen molar-refractivity contribution in [3.8, 4) is 0 Å². The molecule has 3 heteroatoms. The molecule has 2 aromatic carbocycles. The highest BCUT2D eigenvalue weighted by molar-refractivity contribution is 5.87. The SMILES string of the molecule is CC(C)(C(=O)NC1c2ccccc2CC1O)c1ccccc1. The van der Waals surface area contributed by atoms with E-state index < -0.39 is 11.5 Å². The Morgan fingerprint density at radius 1 is 1.09 bits per heavy atom. The number of benzene rings is 2. The van der Waals surface area contributed by atoms with E-state index in [1.54, 1.807) is 0 Å². The van der Waals surface area contributed by atoms with E-state index in [1.807, 2.05) is 68.4 Å². The van der Waals surface area contributed by atoms with Crippen LogP contribution >= 0.6 is 0 Å². The molecule has 0 aliphatic heterocycles. The second kappa shape index (κ2) is 5.58. The molecule has 22 heavy (non-hydrogen) atoms. The van der Waals surface area contributed by atoms with E-state index in [4.69, 9.17) is 0 Å². The van der Waals surface area contributed by atoms with Crippen molar-refractivity contribution in [1.82, 2.24) is 5.32 Å². The molecule has 2 unspecified atom stereocenters. The Bertz CT molecular complexity index is 679. The summed E-state index contributed by atoms with van der Waals surface area (Å²) in [4.78, 5) is 12.8. The minimum Gasteiger partial charge on any atom is -0.390 e. The van der Waals surface area contributed by atoms with Gasteiger partial charge in [0.1, 0.15) is 0 Å². The number of hydrogen-bond donors (Lipinski definition) is 2. The average molecular weight is 295 g/mol. The van der Waals surface area contributed by atoms with Crippen LogP contribution < -0.4 is 5.32 Å². The zero-order valence-corrected chi connectivity index (χ0v) is 12.9. The molecule has 114 valence electrons. The summed E-state index contributed by atoms with van der Waals surface area (Å²) < 4.78 is 0. The van der Waals surface area contributed by atoms with E-state index in [9.17, 15) is 9.90 Å². The number of nitrogens with one attached hydrogen (secondary N) is 1. The molecule has 3 rings (SSSR count). The van der Waals surface area contributed by atoms with Gasteiger partial charge in [0, 0.05) is 6.42 Å². The third kappa shape index (κ3) is 2.53. The van der Waals surface area contributed by atoms with Gasteiger partial charge in [0.2, 0.25) is 5.91 Å². The monoisotopic (exact) mass is 295 g/mol. The van der Waals surface area contributed by atoms with Crippen molar-refractivity contribution in [1.29, 1.82) is 0 Å². The lowest BCUT2D eigenvalue weighted by Crippen LogP contribution is -2.44. The van der Waals surface area contributed by atoms with Gasteiger partial charge in [-0.05, 0) is 30.5 Å². The van der Waals surface area contributed by atoms with Crippen LogP contribution in [0.15, 0.2) is 54.6 Å². The first kappa shape index (κ1) is 14.8. The molecule has 3 nitrogen and oxygen atoms in total. The summed E-state index contributed by atoms with van der Waals surface area (Å²) in [5.74, 6) is -0.0700. The van der Waals surface area contributed by atoms with Gasteiger partial charge in [-0.1, -0.05) is 54.6 Å². The highest BCUT2D eigenvalue weighted by Crippen LogP contribution is 2.33. The van der Waals surface area contributed by atoms with Crippen molar-refractivity contribution in [2.24, 2.45) is 0 Å². The van der Waals surface area contributed by atoms with Crippen LogP contribution in [0.5, 0.6) is 0 Å². The molecule has 2 aromatic rings. The van der Waals surface area contributed by atoms with Crippen LogP contribution in [0.25, 0.3) is 0 Å². The number of carbonyl (C=O) groups excluding carboxylic acids is 1. The van der Waals surface area contributed by atoms with Gasteiger partial charge in [-0.2, -0.15) is 0 Å². The average Bonchev–Trinajstić information content (AvgIpc) is 2.84. The normalized spacial score (nSPS) is 20.5. The van der Waals surface area contributed by atoms with Crippen LogP contribution in [0.4, 0.5) is 0 Å². The van der Waals surface area contributed by atoms with Gasteiger partial charge >= 0.3 is 0 Å². The van der Waals surface area contributed by atoms with Crippen LogP contribution in [0.3, 0.4) is 0 Å². The smallest absolute Gasteiger partial charge is 0.230 e. The molecule has 0 heterocycles. The predicted molar refractivity (Wildman–Crippen MR) is 86.5 cm³/mol. The lowest BCUT2D eigenvalue weighted by Gasteiger charge is -2.28. The second-order valence-electron chi connectivity index (χ2n) is 6.41. The molecular weight excluding hydrogens is 274 g/mol. The molecule has 1 aliphatic carbocycles. The van der Waals surface area contributed by atoms with Crippen molar-refractivity contribution < 1.29 is 9.90 Å². The van der Waals surface area contributed by atoms with Crippen molar-refractivity contribution in [3.05, 3.63) is 71.3 Å². The van der Waals surface area contributed by atoms with E-state index in [0.29, 0.717) is 6.42 Å². The lowest BCUT2D eigenvalue weighted by molar-refractivity contribution is -0.127. The van der Waals surface area contributed by atoms with E-state index in [1.165, 1.54) is 0 Å². The van der Waals surface area contributed by atoms with Crippen LogP contribution in [0.1, 0.15) is 36.6 Å². The Balaban J connectivity index is 1.83. The molecule has 0 saturated carbocycles. The Kier molecular flexibility index (Phi) is 3.75. The summed E-state index contributed by atoms with van der Waals surface area (Å²) >= 11 is 0. The van der Waals surface area contributed by atoms with Gasteiger partial charge in [0.25, 0.3) is 0 Å². The Morgan fingerprint density at radius 3 is 2.45 bits per heavy atom. The quantitative estimate of drug-likeness (QED) is 0.914. The first-order valence-corrected chi connectivity index (χ1v) is 7.62. The Morgan fingerprint density at radius 2 is 1.73 bits per heavy atom. The highest BCUT2D eigenvalue weighted by atomic mass is 16.3. The van der Waals surface area contributed by atoms with Gasteiger partial charge in [-0.3, -0.25) is 4.79 Å². The molecular formula is C19H21NO2. The van der Waals surface area contributed by atoms with Gasteiger partial charge in [-0.15, -0.1) is 0 Å². The maximum atomic E-state index is 12.8. The van der Waals surface area contributed by atoms with Gasteiger partial charge < -0.3 is 10.4 Å². The summed E-state index contributed by atoms with van der Waals surface area (Å²) in [5, 5.41) is 13.3. The Labute approximate surface area is 131 Å².